The predicted octanol–water partition coefficient (Wildman–Crippen LogP) is -0.613. The lowest BCUT2D eigenvalue weighted by molar-refractivity contribution is -0.159. The van der Waals surface area contributed by atoms with Crippen molar-refractivity contribution in [1.82, 2.24) is 0 Å². The van der Waals surface area contributed by atoms with Crippen molar-refractivity contribution in [2.45, 2.75) is 25.4 Å². The highest BCUT2D eigenvalue weighted by Crippen LogP contribution is 2.58. The molecule has 0 aromatic heterocycles. The van der Waals surface area contributed by atoms with E-state index in [1.165, 1.54) is 0 Å². The molecule has 6 nitrogen and oxygen atoms in total. The van der Waals surface area contributed by atoms with Crippen molar-refractivity contribution in [2.75, 3.05) is 19.0 Å². The van der Waals surface area contributed by atoms with Crippen molar-refractivity contribution in [3.05, 3.63) is 0 Å². The summed E-state index contributed by atoms with van der Waals surface area (Å²) in [7, 11) is -3.57. The summed E-state index contributed by atoms with van der Waals surface area (Å²) in [6.45, 7) is 2.30. The lowest BCUT2D eigenvalue weighted by Gasteiger charge is -2.41. The van der Waals surface area contributed by atoms with Crippen LogP contribution < -0.4 is 5.14 Å². The molecule has 0 spiro atoms. The molecule has 2 saturated heterocycles. The Morgan fingerprint density at radius 3 is 2.62 bits per heavy atom. The van der Waals surface area contributed by atoms with Crippen LogP contribution in [0.1, 0.15) is 19.8 Å². The first-order chi connectivity index (χ1) is 7.31. The average molecular weight is 249 g/mol. The Labute approximate surface area is 94.1 Å². The second kappa shape index (κ2) is 3.41. The number of esters is 1. The molecule has 1 saturated carbocycles. The number of nitrogens with two attached hydrogens (primary N) is 1. The Bertz CT molecular complexity index is 410. The fraction of sp³-hybridized carbons (Fsp3) is 0.889. The van der Waals surface area contributed by atoms with Crippen LogP contribution in [0, 0.1) is 5.41 Å². The maximum absolute atomic E-state index is 11.6. The topological polar surface area (TPSA) is 95.7 Å². The number of rotatable bonds is 4. The number of hydrogen-bond acceptors (Lipinski definition) is 5. The molecule has 2 aliphatic heterocycles. The number of primary sulfonamides is 1. The van der Waals surface area contributed by atoms with Gasteiger partial charge in [-0.25, -0.2) is 13.6 Å². The zero-order chi connectivity index (χ0) is 12.0. The summed E-state index contributed by atoms with van der Waals surface area (Å²) in [5.41, 5.74) is -1.37. The van der Waals surface area contributed by atoms with Gasteiger partial charge in [-0.2, -0.15) is 0 Å². The first kappa shape index (κ1) is 11.8. The average Bonchev–Trinajstić information content (AvgIpc) is 2.56. The molecule has 0 radical (unpaired) electrons. The van der Waals surface area contributed by atoms with Crippen LogP contribution in [0.15, 0.2) is 0 Å². The van der Waals surface area contributed by atoms with Gasteiger partial charge in [-0.3, -0.25) is 4.79 Å². The molecule has 0 amide bonds. The van der Waals surface area contributed by atoms with Crippen LogP contribution in [0.25, 0.3) is 0 Å². The molecule has 0 aromatic carbocycles. The molecule has 0 aromatic rings. The van der Waals surface area contributed by atoms with E-state index in [0.717, 1.165) is 0 Å². The molecule has 3 fully saturated rings. The fourth-order valence-electron chi connectivity index (χ4n) is 2.67. The molecule has 2 heterocycles. The number of carbonyl (C=O) groups is 1. The van der Waals surface area contributed by atoms with Gasteiger partial charge in [0.1, 0.15) is 0 Å². The molecule has 2 N–H and O–H groups in total. The van der Waals surface area contributed by atoms with E-state index in [4.69, 9.17) is 14.6 Å². The standard InChI is InChI=1S/C9H15NO5S/c1-2-14-7(11)8-3-9(4-8,15-5-8)6-16(10,12)13/h2-6H2,1H3,(H2,10,12,13). The van der Waals surface area contributed by atoms with Crippen molar-refractivity contribution in [3.8, 4) is 0 Å². The van der Waals surface area contributed by atoms with Gasteiger partial charge in [0, 0.05) is 0 Å². The maximum atomic E-state index is 11.6. The molecular formula is C9H15NO5S. The van der Waals surface area contributed by atoms with Gasteiger partial charge in [0.2, 0.25) is 10.0 Å². The summed E-state index contributed by atoms with van der Waals surface area (Å²) in [6.07, 6.45) is 0.796. The monoisotopic (exact) mass is 249 g/mol. The van der Waals surface area contributed by atoms with E-state index >= 15 is 0 Å². The van der Waals surface area contributed by atoms with Gasteiger partial charge in [0.05, 0.1) is 30.0 Å². The zero-order valence-corrected chi connectivity index (χ0v) is 9.88. The van der Waals surface area contributed by atoms with Crippen LogP contribution >= 0.6 is 0 Å². The Balaban J connectivity index is 2.03. The number of carbonyl (C=O) groups excluding carboxylic acids is 1. The Morgan fingerprint density at radius 2 is 2.12 bits per heavy atom. The highest BCUT2D eigenvalue weighted by molar-refractivity contribution is 7.89. The Kier molecular flexibility index (Phi) is 2.52. The van der Waals surface area contributed by atoms with E-state index in [9.17, 15) is 13.2 Å². The lowest BCUT2D eigenvalue weighted by atomic mass is 9.63. The quantitative estimate of drug-likeness (QED) is 0.670. The third-order valence-corrected chi connectivity index (χ3v) is 4.08. The third kappa shape index (κ3) is 1.83. The summed E-state index contributed by atoms with van der Waals surface area (Å²) in [5.74, 6) is -0.515. The van der Waals surface area contributed by atoms with E-state index in [1.54, 1.807) is 6.92 Å². The third-order valence-electron chi connectivity index (χ3n) is 3.15. The van der Waals surface area contributed by atoms with Crippen LogP contribution in [-0.2, 0) is 24.3 Å². The Hall–Kier alpha value is -0.660. The molecular weight excluding hydrogens is 234 g/mol. The molecule has 2 bridgehead atoms. The molecule has 3 rings (SSSR count). The molecule has 16 heavy (non-hydrogen) atoms. The van der Waals surface area contributed by atoms with Gasteiger partial charge in [-0.05, 0) is 19.8 Å². The second-order valence-electron chi connectivity index (χ2n) is 4.63. The van der Waals surface area contributed by atoms with Gasteiger partial charge in [0.15, 0.2) is 0 Å². The number of fused-ring (bicyclic) bond motifs is 1. The minimum absolute atomic E-state index is 0.221. The SMILES string of the molecule is CCOC(=O)C12COC(CS(N)(=O)=O)(C1)C2. The van der Waals surface area contributed by atoms with Gasteiger partial charge in [0.25, 0.3) is 0 Å². The summed E-state index contributed by atoms with van der Waals surface area (Å²) < 4.78 is 32.3. The lowest BCUT2D eigenvalue weighted by Crippen LogP contribution is -2.53. The minimum Gasteiger partial charge on any atom is -0.465 e. The summed E-state index contributed by atoms with van der Waals surface area (Å²) in [6, 6.07) is 0. The van der Waals surface area contributed by atoms with Crippen molar-refractivity contribution < 1.29 is 22.7 Å². The number of hydrogen-bond donors (Lipinski definition) is 1. The number of ether oxygens (including phenoxy) is 2. The van der Waals surface area contributed by atoms with Crippen molar-refractivity contribution in [2.24, 2.45) is 10.6 Å². The fourth-order valence-corrected chi connectivity index (χ4v) is 3.70. The summed E-state index contributed by atoms with van der Waals surface area (Å²) >= 11 is 0. The number of sulfonamides is 1. The van der Waals surface area contributed by atoms with Gasteiger partial charge in [-0.1, -0.05) is 0 Å². The normalized spacial score (nSPS) is 36.9. The Morgan fingerprint density at radius 1 is 1.50 bits per heavy atom. The molecule has 0 unspecified atom stereocenters. The summed E-state index contributed by atoms with van der Waals surface area (Å²) in [5, 5.41) is 4.98. The zero-order valence-electron chi connectivity index (χ0n) is 9.06. The van der Waals surface area contributed by atoms with Gasteiger partial charge in [-0.15, -0.1) is 0 Å². The van der Waals surface area contributed by atoms with E-state index in [0.29, 0.717) is 19.4 Å². The molecule has 0 atom stereocenters. The van der Waals surface area contributed by atoms with Crippen LogP contribution in [0.3, 0.4) is 0 Å². The highest BCUT2D eigenvalue weighted by Gasteiger charge is 2.67. The van der Waals surface area contributed by atoms with Crippen molar-refractivity contribution in [3.63, 3.8) is 0 Å². The van der Waals surface area contributed by atoms with Crippen LogP contribution in [0.5, 0.6) is 0 Å². The van der Waals surface area contributed by atoms with E-state index < -0.39 is 21.0 Å². The first-order valence-electron chi connectivity index (χ1n) is 5.13. The smallest absolute Gasteiger partial charge is 0.314 e. The van der Waals surface area contributed by atoms with Crippen LogP contribution in [-0.4, -0.2) is 39.0 Å². The van der Waals surface area contributed by atoms with Crippen molar-refractivity contribution in [1.29, 1.82) is 0 Å². The largest absolute Gasteiger partial charge is 0.465 e. The van der Waals surface area contributed by atoms with Crippen LogP contribution in [0.4, 0.5) is 0 Å². The van der Waals surface area contributed by atoms with E-state index in [2.05, 4.69) is 0 Å². The van der Waals surface area contributed by atoms with Gasteiger partial charge < -0.3 is 9.47 Å². The highest BCUT2D eigenvalue weighted by atomic mass is 32.2. The first-order valence-corrected chi connectivity index (χ1v) is 6.84. The van der Waals surface area contributed by atoms with E-state index in [1.807, 2.05) is 0 Å². The summed E-state index contributed by atoms with van der Waals surface area (Å²) in [4.78, 5) is 11.6. The molecule has 92 valence electrons. The van der Waals surface area contributed by atoms with Crippen LogP contribution in [0.2, 0.25) is 0 Å². The molecule has 1 aliphatic carbocycles. The minimum atomic E-state index is -3.57. The van der Waals surface area contributed by atoms with Crippen molar-refractivity contribution >= 4 is 16.0 Å². The van der Waals surface area contributed by atoms with Gasteiger partial charge >= 0.3 is 5.97 Å². The molecule has 7 heteroatoms. The maximum Gasteiger partial charge on any atom is 0.314 e. The van der Waals surface area contributed by atoms with E-state index in [-0.39, 0.29) is 18.3 Å². The second-order valence-corrected chi connectivity index (χ2v) is 6.25. The predicted molar refractivity (Wildman–Crippen MR) is 55.0 cm³/mol. The molecule has 3 aliphatic rings.